The molecule has 2 aromatic carbocycles. The number of carbonyl (C=O) groups is 4. The number of ether oxygens (including phenoxy) is 1. The second-order valence-electron chi connectivity index (χ2n) is 5.33. The van der Waals surface area contributed by atoms with E-state index in [1.165, 1.54) is 12.1 Å². The van der Waals surface area contributed by atoms with E-state index in [4.69, 9.17) is 9.57 Å². The van der Waals surface area contributed by atoms with Crippen molar-refractivity contribution in [1.82, 2.24) is 10.4 Å². The average molecular weight is 354 g/mol. The molecule has 2 aromatic rings. The third-order valence-corrected chi connectivity index (χ3v) is 3.54. The summed E-state index contributed by atoms with van der Waals surface area (Å²) in [7, 11) is 0. The fourth-order valence-electron chi connectivity index (χ4n) is 2.30. The van der Waals surface area contributed by atoms with Gasteiger partial charge in [-0.2, -0.15) is 0 Å². The van der Waals surface area contributed by atoms with Gasteiger partial charge in [0.15, 0.2) is 0 Å². The van der Waals surface area contributed by atoms with Crippen molar-refractivity contribution in [3.63, 3.8) is 0 Å². The van der Waals surface area contributed by atoms with Crippen molar-refractivity contribution in [2.24, 2.45) is 0 Å². The summed E-state index contributed by atoms with van der Waals surface area (Å²) in [4.78, 5) is 52.2. The van der Waals surface area contributed by atoms with E-state index < -0.39 is 30.4 Å². The summed E-state index contributed by atoms with van der Waals surface area (Å²) < 4.78 is 4.94. The highest BCUT2D eigenvalue weighted by Gasteiger charge is 2.38. The molecule has 3 rings (SSSR count). The van der Waals surface area contributed by atoms with Crippen LogP contribution in [0.1, 0.15) is 26.3 Å². The lowest BCUT2D eigenvalue weighted by Crippen LogP contribution is -2.38. The van der Waals surface area contributed by atoms with Gasteiger partial charge in [-0.05, 0) is 17.7 Å². The number of alkyl carbamates (subject to hydrolysis) is 1. The quantitative estimate of drug-likeness (QED) is 0.820. The van der Waals surface area contributed by atoms with Crippen LogP contribution >= 0.6 is 0 Å². The molecule has 26 heavy (non-hydrogen) atoms. The van der Waals surface area contributed by atoms with Gasteiger partial charge in [-0.1, -0.05) is 47.5 Å². The Bertz CT molecular complexity index is 830. The fourth-order valence-corrected chi connectivity index (χ4v) is 2.30. The molecule has 0 spiro atoms. The van der Waals surface area contributed by atoms with Crippen LogP contribution in [0.15, 0.2) is 54.6 Å². The lowest BCUT2D eigenvalue weighted by molar-refractivity contribution is -0.167. The number of amides is 3. The Kier molecular flexibility index (Phi) is 4.93. The summed E-state index contributed by atoms with van der Waals surface area (Å²) >= 11 is 0. The number of hydrogen-bond acceptors (Lipinski definition) is 6. The summed E-state index contributed by atoms with van der Waals surface area (Å²) in [6, 6.07) is 15.1. The zero-order valence-electron chi connectivity index (χ0n) is 13.5. The average Bonchev–Trinajstić information content (AvgIpc) is 2.91. The third kappa shape index (κ3) is 3.69. The standard InChI is InChI=1S/C18H14N2O6/c21-15(10-19-18(24)25-11-12-6-2-1-3-7-12)26-20-16(22)13-8-4-5-9-14(13)17(20)23/h1-9H,10-11H2,(H,19,24). The van der Waals surface area contributed by atoms with Gasteiger partial charge in [0.25, 0.3) is 11.8 Å². The first-order chi connectivity index (χ1) is 12.6. The highest BCUT2D eigenvalue weighted by Crippen LogP contribution is 2.22. The number of rotatable bonds is 5. The van der Waals surface area contributed by atoms with Crippen molar-refractivity contribution >= 4 is 23.9 Å². The summed E-state index contributed by atoms with van der Waals surface area (Å²) in [6.07, 6.45) is -0.826. The van der Waals surface area contributed by atoms with Crippen molar-refractivity contribution in [2.45, 2.75) is 6.61 Å². The molecule has 0 radical (unpaired) electrons. The minimum absolute atomic E-state index is 0.0418. The Morgan fingerprint density at radius 2 is 1.46 bits per heavy atom. The molecule has 1 N–H and O–H groups in total. The molecule has 132 valence electrons. The van der Waals surface area contributed by atoms with Gasteiger partial charge in [0.2, 0.25) is 0 Å². The molecule has 3 amide bonds. The highest BCUT2D eigenvalue weighted by atomic mass is 16.7. The summed E-state index contributed by atoms with van der Waals surface area (Å²) in [6.45, 7) is -0.513. The first-order valence-corrected chi connectivity index (χ1v) is 7.69. The van der Waals surface area contributed by atoms with Gasteiger partial charge >= 0.3 is 12.1 Å². The molecule has 1 aliphatic rings. The summed E-state index contributed by atoms with van der Waals surface area (Å²) in [5.41, 5.74) is 1.09. The molecular weight excluding hydrogens is 340 g/mol. The Hall–Kier alpha value is -3.68. The molecule has 0 unspecified atom stereocenters. The van der Waals surface area contributed by atoms with Crippen molar-refractivity contribution in [3.05, 3.63) is 71.3 Å². The Morgan fingerprint density at radius 3 is 2.08 bits per heavy atom. The molecule has 8 heteroatoms. The maximum Gasteiger partial charge on any atom is 0.407 e. The highest BCUT2D eigenvalue weighted by molar-refractivity contribution is 6.20. The van der Waals surface area contributed by atoms with Crippen LogP contribution in [-0.4, -0.2) is 35.5 Å². The number of carbonyl (C=O) groups excluding carboxylic acids is 4. The van der Waals surface area contributed by atoms with Crippen molar-refractivity contribution < 1.29 is 28.8 Å². The number of hydrogen-bond donors (Lipinski definition) is 1. The monoisotopic (exact) mass is 354 g/mol. The number of hydroxylamine groups is 2. The number of fused-ring (bicyclic) bond motifs is 1. The van der Waals surface area contributed by atoms with Crippen LogP contribution in [0.5, 0.6) is 0 Å². The largest absolute Gasteiger partial charge is 0.445 e. The van der Waals surface area contributed by atoms with Crippen LogP contribution in [0.4, 0.5) is 4.79 Å². The second-order valence-corrected chi connectivity index (χ2v) is 5.33. The van der Waals surface area contributed by atoms with Gasteiger partial charge in [-0.15, -0.1) is 0 Å². The molecule has 0 saturated heterocycles. The smallest absolute Gasteiger partial charge is 0.407 e. The van der Waals surface area contributed by atoms with Gasteiger partial charge < -0.3 is 14.9 Å². The van der Waals surface area contributed by atoms with E-state index in [1.807, 2.05) is 6.07 Å². The molecular formula is C18H14N2O6. The molecule has 0 atom stereocenters. The predicted octanol–water partition coefficient (Wildman–Crippen LogP) is 1.67. The van der Waals surface area contributed by atoms with E-state index in [-0.39, 0.29) is 17.7 Å². The molecule has 1 heterocycles. The minimum Gasteiger partial charge on any atom is -0.445 e. The third-order valence-electron chi connectivity index (χ3n) is 3.54. The lowest BCUT2D eigenvalue weighted by atomic mass is 10.1. The van der Waals surface area contributed by atoms with Gasteiger partial charge in [-0.3, -0.25) is 9.59 Å². The van der Waals surface area contributed by atoms with Crippen LogP contribution < -0.4 is 5.32 Å². The van der Waals surface area contributed by atoms with Gasteiger partial charge in [0.1, 0.15) is 13.2 Å². The fraction of sp³-hybridized carbons (Fsp3) is 0.111. The van der Waals surface area contributed by atoms with E-state index in [2.05, 4.69) is 5.32 Å². The van der Waals surface area contributed by atoms with Crippen LogP contribution in [-0.2, 0) is 21.0 Å². The lowest BCUT2D eigenvalue weighted by Gasteiger charge is -2.13. The first kappa shape index (κ1) is 17.2. The van der Waals surface area contributed by atoms with Crippen LogP contribution in [0.25, 0.3) is 0 Å². The molecule has 1 aliphatic heterocycles. The molecule has 0 aliphatic carbocycles. The van der Waals surface area contributed by atoms with E-state index in [0.29, 0.717) is 5.06 Å². The number of imide groups is 1. The SMILES string of the molecule is O=C(CNC(=O)OCc1ccccc1)ON1C(=O)c2ccccc2C1=O. The van der Waals surface area contributed by atoms with Crippen LogP contribution in [0, 0.1) is 0 Å². The molecule has 8 nitrogen and oxygen atoms in total. The van der Waals surface area contributed by atoms with Gasteiger partial charge in [0, 0.05) is 0 Å². The molecule has 0 bridgehead atoms. The van der Waals surface area contributed by atoms with E-state index in [1.54, 1.807) is 36.4 Å². The predicted molar refractivity (Wildman–Crippen MR) is 87.7 cm³/mol. The van der Waals surface area contributed by atoms with Crippen molar-refractivity contribution in [1.29, 1.82) is 0 Å². The first-order valence-electron chi connectivity index (χ1n) is 7.69. The van der Waals surface area contributed by atoms with Crippen molar-refractivity contribution in [2.75, 3.05) is 6.54 Å². The maximum absolute atomic E-state index is 12.1. The van der Waals surface area contributed by atoms with Gasteiger partial charge in [-0.25, -0.2) is 9.59 Å². The van der Waals surface area contributed by atoms with Crippen LogP contribution in [0.3, 0.4) is 0 Å². The second kappa shape index (κ2) is 7.47. The Labute approximate surface area is 148 Å². The van der Waals surface area contributed by atoms with Crippen LogP contribution in [0.2, 0.25) is 0 Å². The van der Waals surface area contributed by atoms with Gasteiger partial charge in [0.05, 0.1) is 11.1 Å². The zero-order valence-corrected chi connectivity index (χ0v) is 13.5. The van der Waals surface area contributed by atoms with E-state index >= 15 is 0 Å². The van der Waals surface area contributed by atoms with Crippen molar-refractivity contribution in [3.8, 4) is 0 Å². The minimum atomic E-state index is -0.976. The topological polar surface area (TPSA) is 102 Å². The summed E-state index contributed by atoms with van der Waals surface area (Å²) in [5.74, 6) is -2.44. The Morgan fingerprint density at radius 1 is 0.885 bits per heavy atom. The number of nitrogens with zero attached hydrogens (tertiary/aromatic N) is 1. The zero-order chi connectivity index (χ0) is 18.5. The molecule has 0 fully saturated rings. The number of benzene rings is 2. The Balaban J connectivity index is 1.47. The molecule has 0 saturated carbocycles. The normalized spacial score (nSPS) is 12.5. The molecule has 0 aromatic heterocycles. The summed E-state index contributed by atoms with van der Waals surface area (Å²) in [5, 5.41) is 2.57. The van der Waals surface area contributed by atoms with E-state index in [0.717, 1.165) is 5.56 Å². The maximum atomic E-state index is 12.1. The number of nitrogens with one attached hydrogen (secondary N) is 1. The van der Waals surface area contributed by atoms with E-state index in [9.17, 15) is 19.2 Å².